The quantitative estimate of drug-likeness (QED) is 0.779. The smallest absolute Gasteiger partial charge is 0.227 e. The van der Waals surface area contributed by atoms with E-state index in [-0.39, 0.29) is 11.8 Å². The maximum atomic E-state index is 12.5. The highest BCUT2D eigenvalue weighted by atomic mass is 16.5. The average molecular weight is 335 g/mol. The van der Waals surface area contributed by atoms with Gasteiger partial charge < -0.3 is 14.5 Å². The van der Waals surface area contributed by atoms with Gasteiger partial charge in [0.15, 0.2) is 0 Å². The van der Waals surface area contributed by atoms with Gasteiger partial charge in [-0.05, 0) is 43.2 Å². The maximum absolute atomic E-state index is 12.5. The van der Waals surface area contributed by atoms with Crippen molar-refractivity contribution in [3.05, 3.63) is 48.8 Å². The van der Waals surface area contributed by atoms with Crippen LogP contribution in [-0.4, -0.2) is 22.4 Å². The van der Waals surface area contributed by atoms with Gasteiger partial charge in [-0.3, -0.25) is 4.79 Å². The molecule has 0 unspecified atom stereocenters. The molecule has 0 saturated heterocycles. The normalized spacial score (nSPS) is 14.8. The molecule has 1 saturated carbocycles. The van der Waals surface area contributed by atoms with Gasteiger partial charge in [0.2, 0.25) is 5.91 Å². The van der Waals surface area contributed by atoms with Crippen molar-refractivity contribution in [2.75, 3.05) is 12.4 Å². The fraction of sp³-hybridized carbons (Fsp3) is 0.300. The number of amides is 1. The molecule has 1 fully saturated rings. The summed E-state index contributed by atoms with van der Waals surface area (Å²) in [5, 5.41) is 3.05. The molecule has 0 spiro atoms. The number of nitrogens with zero attached hydrogens (tertiary/aromatic N) is 2. The van der Waals surface area contributed by atoms with E-state index in [4.69, 9.17) is 4.74 Å². The minimum Gasteiger partial charge on any atom is -0.495 e. The lowest BCUT2D eigenvalue weighted by Gasteiger charge is -2.14. The Hall–Kier alpha value is -2.82. The number of hydrogen-bond acceptors (Lipinski definition) is 3. The second kappa shape index (κ2) is 6.59. The fourth-order valence-electron chi connectivity index (χ4n) is 3.46. The minimum atomic E-state index is 0.0861. The predicted molar refractivity (Wildman–Crippen MR) is 97.8 cm³/mol. The summed E-state index contributed by atoms with van der Waals surface area (Å²) in [7, 11) is 1.62. The Morgan fingerprint density at radius 3 is 2.84 bits per heavy atom. The van der Waals surface area contributed by atoms with E-state index in [0.29, 0.717) is 11.4 Å². The van der Waals surface area contributed by atoms with Crippen molar-refractivity contribution in [1.29, 1.82) is 0 Å². The van der Waals surface area contributed by atoms with Gasteiger partial charge in [0.25, 0.3) is 0 Å². The van der Waals surface area contributed by atoms with Crippen LogP contribution in [0.5, 0.6) is 5.75 Å². The van der Waals surface area contributed by atoms with Gasteiger partial charge in [-0.25, -0.2) is 4.98 Å². The Morgan fingerprint density at radius 2 is 2.08 bits per heavy atom. The molecule has 0 radical (unpaired) electrons. The van der Waals surface area contributed by atoms with Crippen molar-refractivity contribution in [1.82, 2.24) is 9.38 Å². The first kappa shape index (κ1) is 15.7. The third-order valence-electron chi connectivity index (χ3n) is 4.84. The van der Waals surface area contributed by atoms with Crippen LogP contribution < -0.4 is 10.1 Å². The Bertz CT molecular complexity index is 877. The van der Waals surface area contributed by atoms with Crippen LogP contribution >= 0.6 is 0 Å². The molecule has 4 rings (SSSR count). The van der Waals surface area contributed by atoms with Gasteiger partial charge in [0.05, 0.1) is 18.5 Å². The van der Waals surface area contributed by atoms with E-state index in [2.05, 4.69) is 10.3 Å². The van der Waals surface area contributed by atoms with Gasteiger partial charge in [0, 0.05) is 23.9 Å². The molecule has 0 bridgehead atoms. The van der Waals surface area contributed by atoms with Crippen molar-refractivity contribution in [2.24, 2.45) is 5.92 Å². The molecule has 0 aliphatic heterocycles. The van der Waals surface area contributed by atoms with Gasteiger partial charge in [-0.1, -0.05) is 18.9 Å². The van der Waals surface area contributed by atoms with Crippen molar-refractivity contribution in [2.45, 2.75) is 25.7 Å². The number of anilines is 1. The highest BCUT2D eigenvalue weighted by Gasteiger charge is 2.23. The van der Waals surface area contributed by atoms with Crippen LogP contribution in [0.4, 0.5) is 5.69 Å². The molecule has 1 aliphatic rings. The first-order valence-corrected chi connectivity index (χ1v) is 8.67. The van der Waals surface area contributed by atoms with E-state index >= 15 is 0 Å². The molecule has 0 atom stereocenters. The molecule has 1 N–H and O–H groups in total. The summed E-state index contributed by atoms with van der Waals surface area (Å²) in [4.78, 5) is 17.1. The lowest BCUT2D eigenvalue weighted by Crippen LogP contribution is -2.20. The fourth-order valence-corrected chi connectivity index (χ4v) is 3.46. The number of aromatic nitrogens is 2. The number of ether oxygens (including phenoxy) is 1. The van der Waals surface area contributed by atoms with Crippen LogP contribution in [0.3, 0.4) is 0 Å². The lowest BCUT2D eigenvalue weighted by molar-refractivity contribution is -0.119. The molecule has 3 aromatic rings. The highest BCUT2D eigenvalue weighted by molar-refractivity contribution is 5.95. The third kappa shape index (κ3) is 3.09. The van der Waals surface area contributed by atoms with E-state index in [9.17, 15) is 4.79 Å². The Morgan fingerprint density at radius 1 is 1.24 bits per heavy atom. The monoisotopic (exact) mass is 335 g/mol. The van der Waals surface area contributed by atoms with Crippen LogP contribution in [0.1, 0.15) is 25.7 Å². The summed E-state index contributed by atoms with van der Waals surface area (Å²) >= 11 is 0. The summed E-state index contributed by atoms with van der Waals surface area (Å²) in [5.74, 6) is 0.866. The van der Waals surface area contributed by atoms with Crippen molar-refractivity contribution < 1.29 is 9.53 Å². The standard InChI is InChI=1S/C20H21N3O2/c1-25-18-10-9-15(17-13-23-11-5-4-8-19(23)21-17)12-16(18)22-20(24)14-6-2-3-7-14/h4-5,8-14H,2-3,6-7H2,1H3,(H,22,24). The van der Waals surface area contributed by atoms with Gasteiger partial charge in [-0.2, -0.15) is 0 Å². The topological polar surface area (TPSA) is 55.6 Å². The largest absolute Gasteiger partial charge is 0.495 e. The number of imidazole rings is 1. The molecule has 128 valence electrons. The van der Waals surface area contributed by atoms with E-state index < -0.39 is 0 Å². The molecular weight excluding hydrogens is 314 g/mol. The number of nitrogens with one attached hydrogen (secondary N) is 1. The summed E-state index contributed by atoms with van der Waals surface area (Å²) in [6.45, 7) is 0. The van der Waals surface area contributed by atoms with Crippen LogP contribution in [0, 0.1) is 5.92 Å². The van der Waals surface area contributed by atoms with Crippen LogP contribution in [0.25, 0.3) is 16.9 Å². The van der Waals surface area contributed by atoms with Crippen molar-refractivity contribution in [3.63, 3.8) is 0 Å². The first-order chi connectivity index (χ1) is 12.2. The van der Waals surface area contributed by atoms with E-state index in [1.54, 1.807) is 7.11 Å². The van der Waals surface area contributed by atoms with Gasteiger partial charge in [0.1, 0.15) is 11.4 Å². The second-order valence-electron chi connectivity index (χ2n) is 6.48. The highest BCUT2D eigenvalue weighted by Crippen LogP contribution is 2.32. The maximum Gasteiger partial charge on any atom is 0.227 e. The van der Waals surface area contributed by atoms with Crippen LogP contribution in [-0.2, 0) is 4.79 Å². The average Bonchev–Trinajstić information content (AvgIpc) is 3.31. The number of methoxy groups -OCH3 is 1. The van der Waals surface area contributed by atoms with E-state index in [0.717, 1.165) is 42.6 Å². The SMILES string of the molecule is COc1ccc(-c2cn3ccccc3n2)cc1NC(=O)C1CCCC1. The zero-order valence-electron chi connectivity index (χ0n) is 14.2. The zero-order chi connectivity index (χ0) is 17.2. The summed E-state index contributed by atoms with van der Waals surface area (Å²) in [6.07, 6.45) is 8.17. The summed E-state index contributed by atoms with van der Waals surface area (Å²) in [5.41, 5.74) is 3.41. The van der Waals surface area contributed by atoms with Crippen LogP contribution in [0.15, 0.2) is 48.8 Å². The molecule has 1 aliphatic carbocycles. The molecule has 2 heterocycles. The number of carbonyl (C=O) groups excluding carboxylic acids is 1. The lowest BCUT2D eigenvalue weighted by atomic mass is 10.1. The Balaban J connectivity index is 1.66. The summed E-state index contributed by atoms with van der Waals surface area (Å²) in [6, 6.07) is 11.7. The first-order valence-electron chi connectivity index (χ1n) is 8.67. The van der Waals surface area contributed by atoms with Crippen LogP contribution in [0.2, 0.25) is 0 Å². The predicted octanol–water partition coefficient (Wildman–Crippen LogP) is 4.14. The van der Waals surface area contributed by atoms with Crippen molar-refractivity contribution >= 4 is 17.2 Å². The molecular formula is C20H21N3O2. The van der Waals surface area contributed by atoms with Gasteiger partial charge in [-0.15, -0.1) is 0 Å². The number of pyridine rings is 1. The number of rotatable bonds is 4. The molecule has 25 heavy (non-hydrogen) atoms. The molecule has 5 nitrogen and oxygen atoms in total. The number of carbonyl (C=O) groups is 1. The number of benzene rings is 1. The van der Waals surface area contributed by atoms with Crippen molar-refractivity contribution in [3.8, 4) is 17.0 Å². The van der Waals surface area contributed by atoms with E-state index in [1.807, 2.05) is 53.2 Å². The summed E-state index contributed by atoms with van der Waals surface area (Å²) < 4.78 is 7.40. The van der Waals surface area contributed by atoms with Gasteiger partial charge >= 0.3 is 0 Å². The number of hydrogen-bond donors (Lipinski definition) is 1. The molecule has 2 aromatic heterocycles. The third-order valence-corrected chi connectivity index (χ3v) is 4.84. The molecule has 5 heteroatoms. The van der Waals surface area contributed by atoms with E-state index in [1.165, 1.54) is 0 Å². The molecule has 1 amide bonds. The minimum absolute atomic E-state index is 0.0861. The second-order valence-corrected chi connectivity index (χ2v) is 6.48. The Labute approximate surface area is 146 Å². The zero-order valence-corrected chi connectivity index (χ0v) is 14.2. The Kier molecular flexibility index (Phi) is 4.14. The molecule has 1 aromatic carbocycles. The number of fused-ring (bicyclic) bond motifs is 1.